The first-order valence-electron chi connectivity index (χ1n) is 6.05. The molecule has 0 radical (unpaired) electrons. The molecule has 0 unspecified atom stereocenters. The van der Waals surface area contributed by atoms with Crippen LogP contribution in [-0.4, -0.2) is 0 Å². The fourth-order valence-electron chi connectivity index (χ4n) is 2.19. The molecule has 0 aliphatic rings. The Bertz CT molecular complexity index is 713. The zero-order valence-corrected chi connectivity index (χ0v) is 15.0. The number of thiophene rings is 1. The average molecular weight is 443 g/mol. The minimum atomic E-state index is 1.02. The maximum Gasteiger partial charge on any atom is 0.0345 e. The largest absolute Gasteiger partial charge is 0.140 e. The minimum absolute atomic E-state index is 1.02. The summed E-state index contributed by atoms with van der Waals surface area (Å²) in [6, 6.07) is 15.4. The first kappa shape index (κ1) is 13.6. The van der Waals surface area contributed by atoms with Gasteiger partial charge in [0.2, 0.25) is 0 Å². The topological polar surface area (TPSA) is 0 Å². The summed E-state index contributed by atoms with van der Waals surface area (Å²) >= 11 is 7.87. The van der Waals surface area contributed by atoms with E-state index in [1.807, 2.05) is 11.3 Å². The Morgan fingerprint density at radius 3 is 2.74 bits per heavy atom. The van der Waals surface area contributed by atoms with E-state index in [4.69, 9.17) is 0 Å². The van der Waals surface area contributed by atoms with Crippen LogP contribution in [0.4, 0.5) is 0 Å². The molecular formula is C16H12BrIS. The smallest absolute Gasteiger partial charge is 0.0345 e. The standard InChI is InChI=1S/C16H12BrIS/c1-10-6-14(17)15(18)9-12(10)8-13-7-11-4-2-3-5-16(11)19-13/h2-7,9H,8H2,1H3. The molecule has 2 aromatic carbocycles. The van der Waals surface area contributed by atoms with Crippen molar-refractivity contribution in [2.45, 2.75) is 13.3 Å². The lowest BCUT2D eigenvalue weighted by molar-refractivity contribution is 1.18. The van der Waals surface area contributed by atoms with Gasteiger partial charge in [-0.1, -0.05) is 18.2 Å². The van der Waals surface area contributed by atoms with E-state index in [9.17, 15) is 0 Å². The van der Waals surface area contributed by atoms with Crippen molar-refractivity contribution in [1.82, 2.24) is 0 Å². The van der Waals surface area contributed by atoms with Crippen LogP contribution >= 0.6 is 49.9 Å². The Kier molecular flexibility index (Phi) is 3.96. The molecule has 0 saturated carbocycles. The summed E-state index contributed by atoms with van der Waals surface area (Å²) < 4.78 is 3.84. The van der Waals surface area contributed by atoms with Crippen molar-refractivity contribution in [3.05, 3.63) is 66.5 Å². The van der Waals surface area contributed by atoms with Gasteiger partial charge in [0.25, 0.3) is 0 Å². The van der Waals surface area contributed by atoms with Crippen LogP contribution in [0.3, 0.4) is 0 Å². The Labute approximate surface area is 139 Å². The maximum atomic E-state index is 3.59. The van der Waals surface area contributed by atoms with Crippen molar-refractivity contribution in [2.24, 2.45) is 0 Å². The van der Waals surface area contributed by atoms with Gasteiger partial charge in [0.1, 0.15) is 0 Å². The van der Waals surface area contributed by atoms with Crippen LogP contribution in [0, 0.1) is 10.5 Å². The molecule has 0 spiro atoms. The number of halogens is 2. The van der Waals surface area contributed by atoms with Gasteiger partial charge in [-0.3, -0.25) is 0 Å². The van der Waals surface area contributed by atoms with Crippen LogP contribution in [0.5, 0.6) is 0 Å². The number of fused-ring (bicyclic) bond motifs is 1. The van der Waals surface area contributed by atoms with E-state index in [-0.39, 0.29) is 0 Å². The monoisotopic (exact) mass is 442 g/mol. The van der Waals surface area contributed by atoms with E-state index in [1.165, 1.54) is 34.1 Å². The van der Waals surface area contributed by atoms with Crippen molar-refractivity contribution in [3.8, 4) is 0 Å². The Hall–Kier alpha value is -0.390. The number of hydrogen-bond donors (Lipinski definition) is 0. The number of hydrogen-bond acceptors (Lipinski definition) is 1. The van der Waals surface area contributed by atoms with Crippen molar-refractivity contribution >= 4 is 59.9 Å². The molecule has 96 valence electrons. The molecule has 3 heteroatoms. The zero-order valence-electron chi connectivity index (χ0n) is 10.4. The van der Waals surface area contributed by atoms with Crippen molar-refractivity contribution in [3.63, 3.8) is 0 Å². The molecule has 1 heterocycles. The molecule has 0 aliphatic carbocycles. The summed E-state index contributed by atoms with van der Waals surface area (Å²) in [5.74, 6) is 0. The van der Waals surface area contributed by atoms with E-state index in [2.05, 4.69) is 87.9 Å². The highest BCUT2D eigenvalue weighted by atomic mass is 127. The van der Waals surface area contributed by atoms with Crippen LogP contribution in [0.2, 0.25) is 0 Å². The molecule has 0 amide bonds. The molecule has 3 aromatic rings. The van der Waals surface area contributed by atoms with Crippen molar-refractivity contribution in [2.75, 3.05) is 0 Å². The maximum absolute atomic E-state index is 3.59. The van der Waals surface area contributed by atoms with E-state index in [0.717, 1.165) is 6.42 Å². The molecule has 0 bridgehead atoms. The third-order valence-electron chi connectivity index (χ3n) is 3.22. The van der Waals surface area contributed by atoms with Crippen LogP contribution in [0.25, 0.3) is 10.1 Å². The zero-order chi connectivity index (χ0) is 13.4. The second kappa shape index (κ2) is 5.54. The van der Waals surface area contributed by atoms with Crippen LogP contribution < -0.4 is 0 Å². The quantitative estimate of drug-likeness (QED) is 0.416. The highest BCUT2D eigenvalue weighted by molar-refractivity contribution is 14.1. The summed E-state index contributed by atoms with van der Waals surface area (Å²) in [7, 11) is 0. The van der Waals surface area contributed by atoms with Crippen LogP contribution in [0.1, 0.15) is 16.0 Å². The predicted octanol–water partition coefficient (Wildman–Crippen LogP) is 6.17. The highest BCUT2D eigenvalue weighted by Gasteiger charge is 2.07. The van der Waals surface area contributed by atoms with Gasteiger partial charge in [0, 0.05) is 24.0 Å². The number of aryl methyl sites for hydroxylation is 1. The van der Waals surface area contributed by atoms with E-state index in [1.54, 1.807) is 0 Å². The molecule has 0 aliphatic heterocycles. The Morgan fingerprint density at radius 2 is 1.95 bits per heavy atom. The molecule has 0 nitrogen and oxygen atoms in total. The first-order valence-corrected chi connectivity index (χ1v) is 8.74. The lowest BCUT2D eigenvalue weighted by Gasteiger charge is -2.07. The summed E-state index contributed by atoms with van der Waals surface area (Å²) in [6.07, 6.45) is 1.02. The lowest BCUT2D eigenvalue weighted by atomic mass is 10.1. The number of rotatable bonds is 2. The van der Waals surface area contributed by atoms with E-state index < -0.39 is 0 Å². The van der Waals surface area contributed by atoms with Crippen molar-refractivity contribution < 1.29 is 0 Å². The molecule has 0 saturated heterocycles. The molecule has 3 rings (SSSR count). The third-order valence-corrected chi connectivity index (χ3v) is 6.63. The Morgan fingerprint density at radius 1 is 1.16 bits per heavy atom. The summed E-state index contributed by atoms with van der Waals surface area (Å²) in [6.45, 7) is 2.18. The summed E-state index contributed by atoms with van der Waals surface area (Å²) in [4.78, 5) is 1.43. The SMILES string of the molecule is Cc1cc(Br)c(I)cc1Cc1cc2ccccc2s1. The summed E-state index contributed by atoms with van der Waals surface area (Å²) in [5, 5.41) is 1.35. The van der Waals surface area contributed by atoms with Gasteiger partial charge in [0.15, 0.2) is 0 Å². The van der Waals surface area contributed by atoms with Crippen LogP contribution in [0.15, 0.2) is 46.9 Å². The van der Waals surface area contributed by atoms with E-state index >= 15 is 0 Å². The van der Waals surface area contributed by atoms with Gasteiger partial charge in [-0.25, -0.2) is 0 Å². The van der Waals surface area contributed by atoms with Gasteiger partial charge in [-0.15, -0.1) is 11.3 Å². The second-order valence-corrected chi connectivity index (χ2v) is 7.80. The van der Waals surface area contributed by atoms with E-state index in [0.29, 0.717) is 0 Å². The molecule has 0 N–H and O–H groups in total. The normalized spacial score (nSPS) is 11.1. The van der Waals surface area contributed by atoms with Gasteiger partial charge in [-0.2, -0.15) is 0 Å². The first-order chi connectivity index (χ1) is 9.13. The summed E-state index contributed by atoms with van der Waals surface area (Å²) in [5.41, 5.74) is 2.77. The van der Waals surface area contributed by atoms with Gasteiger partial charge >= 0.3 is 0 Å². The van der Waals surface area contributed by atoms with Crippen molar-refractivity contribution in [1.29, 1.82) is 0 Å². The predicted molar refractivity (Wildman–Crippen MR) is 96.2 cm³/mol. The van der Waals surface area contributed by atoms with Gasteiger partial charge < -0.3 is 0 Å². The molecule has 0 fully saturated rings. The van der Waals surface area contributed by atoms with Gasteiger partial charge in [0.05, 0.1) is 0 Å². The molecular weight excluding hydrogens is 431 g/mol. The molecule has 19 heavy (non-hydrogen) atoms. The fraction of sp³-hybridized carbons (Fsp3) is 0.125. The van der Waals surface area contributed by atoms with Gasteiger partial charge in [-0.05, 0) is 86.2 Å². The molecule has 1 aromatic heterocycles. The highest BCUT2D eigenvalue weighted by Crippen LogP contribution is 2.30. The average Bonchev–Trinajstić information content (AvgIpc) is 2.78. The Balaban J connectivity index is 1.98. The molecule has 0 atom stereocenters. The third kappa shape index (κ3) is 2.88. The second-order valence-electron chi connectivity index (χ2n) is 4.62. The van der Waals surface area contributed by atoms with Crippen LogP contribution in [-0.2, 0) is 6.42 Å². The fourth-order valence-corrected chi connectivity index (χ4v) is 4.27. The number of benzene rings is 2. The minimum Gasteiger partial charge on any atom is -0.140 e. The lowest BCUT2D eigenvalue weighted by Crippen LogP contribution is -1.91.